The second-order valence-electron chi connectivity index (χ2n) is 7.36. The molecule has 142 valence electrons. The third-order valence-electron chi connectivity index (χ3n) is 5.49. The molecule has 7 nitrogen and oxygen atoms in total. The summed E-state index contributed by atoms with van der Waals surface area (Å²) in [5.41, 5.74) is 3.25. The second kappa shape index (κ2) is 6.74. The highest BCUT2D eigenvalue weighted by molar-refractivity contribution is 7.91. The highest BCUT2D eigenvalue weighted by atomic mass is 32.2. The smallest absolute Gasteiger partial charge is 0.152 e. The van der Waals surface area contributed by atoms with Crippen molar-refractivity contribution in [3.63, 3.8) is 0 Å². The fourth-order valence-corrected chi connectivity index (χ4v) is 5.88. The molecular formula is C18H26N4O3S. The standard InChI is InChI=1S/C18H26N4O3S/c1-14-18(15(2)22(19-14)16-5-11-26(23,24)13-16)21-8-6-20(7-9-21)12-17-4-3-10-25-17/h3-4,10,16H,5-9,11-13H2,1-2H3. The van der Waals surface area contributed by atoms with Crippen LogP contribution in [-0.2, 0) is 16.4 Å². The maximum absolute atomic E-state index is 11.8. The number of aromatic nitrogens is 2. The molecule has 0 bridgehead atoms. The van der Waals surface area contributed by atoms with Gasteiger partial charge in [-0.15, -0.1) is 0 Å². The average Bonchev–Trinajstić information content (AvgIpc) is 3.29. The predicted molar refractivity (Wildman–Crippen MR) is 100 cm³/mol. The maximum Gasteiger partial charge on any atom is 0.152 e. The molecule has 0 amide bonds. The first-order chi connectivity index (χ1) is 12.4. The Hall–Kier alpha value is -1.80. The predicted octanol–water partition coefficient (Wildman–Crippen LogP) is 1.77. The summed E-state index contributed by atoms with van der Waals surface area (Å²) in [6.07, 6.45) is 2.39. The largest absolute Gasteiger partial charge is 0.468 e. The number of rotatable bonds is 4. The van der Waals surface area contributed by atoms with Crippen molar-refractivity contribution in [1.29, 1.82) is 0 Å². The van der Waals surface area contributed by atoms with Gasteiger partial charge in [-0.05, 0) is 32.4 Å². The first-order valence-electron chi connectivity index (χ1n) is 9.19. The van der Waals surface area contributed by atoms with E-state index in [1.54, 1.807) is 6.26 Å². The average molecular weight is 378 g/mol. The molecule has 26 heavy (non-hydrogen) atoms. The van der Waals surface area contributed by atoms with Crippen LogP contribution in [0.25, 0.3) is 0 Å². The van der Waals surface area contributed by atoms with E-state index in [0.29, 0.717) is 6.42 Å². The van der Waals surface area contributed by atoms with Crippen LogP contribution in [0.1, 0.15) is 29.6 Å². The number of aryl methyl sites for hydroxylation is 1. The van der Waals surface area contributed by atoms with Gasteiger partial charge in [0.15, 0.2) is 9.84 Å². The lowest BCUT2D eigenvalue weighted by atomic mass is 10.2. The molecule has 1 unspecified atom stereocenters. The van der Waals surface area contributed by atoms with Crippen molar-refractivity contribution in [2.75, 3.05) is 42.6 Å². The van der Waals surface area contributed by atoms with Crippen LogP contribution in [0.5, 0.6) is 0 Å². The molecule has 2 aliphatic rings. The molecule has 0 spiro atoms. The highest BCUT2D eigenvalue weighted by Gasteiger charge is 2.32. The van der Waals surface area contributed by atoms with Crippen molar-refractivity contribution in [2.24, 2.45) is 0 Å². The summed E-state index contributed by atoms with van der Waals surface area (Å²) in [7, 11) is -2.91. The van der Waals surface area contributed by atoms with Gasteiger partial charge in [-0.3, -0.25) is 9.58 Å². The van der Waals surface area contributed by atoms with E-state index in [4.69, 9.17) is 9.52 Å². The number of anilines is 1. The van der Waals surface area contributed by atoms with Gasteiger partial charge in [0.05, 0.1) is 47.4 Å². The van der Waals surface area contributed by atoms with Crippen LogP contribution >= 0.6 is 0 Å². The molecule has 0 radical (unpaired) electrons. The molecule has 0 N–H and O–H groups in total. The molecule has 1 atom stereocenters. The van der Waals surface area contributed by atoms with Crippen LogP contribution in [0.4, 0.5) is 5.69 Å². The number of hydrogen-bond acceptors (Lipinski definition) is 6. The fraction of sp³-hybridized carbons (Fsp3) is 0.611. The quantitative estimate of drug-likeness (QED) is 0.808. The van der Waals surface area contributed by atoms with Crippen molar-refractivity contribution in [2.45, 2.75) is 32.9 Å². The van der Waals surface area contributed by atoms with Crippen LogP contribution in [0.3, 0.4) is 0 Å². The molecular weight excluding hydrogens is 352 g/mol. The Kier molecular flexibility index (Phi) is 4.56. The van der Waals surface area contributed by atoms with E-state index < -0.39 is 9.84 Å². The van der Waals surface area contributed by atoms with E-state index in [1.807, 2.05) is 23.7 Å². The summed E-state index contributed by atoms with van der Waals surface area (Å²) in [5.74, 6) is 1.49. The van der Waals surface area contributed by atoms with Gasteiger partial charge < -0.3 is 9.32 Å². The maximum atomic E-state index is 11.8. The molecule has 2 aromatic heterocycles. The molecule has 4 heterocycles. The zero-order valence-electron chi connectivity index (χ0n) is 15.4. The normalized spacial score (nSPS) is 23.6. The summed E-state index contributed by atoms with van der Waals surface area (Å²) in [6.45, 7) is 8.77. The van der Waals surface area contributed by atoms with Crippen LogP contribution < -0.4 is 4.90 Å². The van der Waals surface area contributed by atoms with E-state index in [0.717, 1.165) is 49.9 Å². The Bertz CT molecular complexity index is 865. The minimum Gasteiger partial charge on any atom is -0.468 e. The minimum atomic E-state index is -2.91. The number of hydrogen-bond donors (Lipinski definition) is 0. The van der Waals surface area contributed by atoms with E-state index in [-0.39, 0.29) is 17.5 Å². The minimum absolute atomic E-state index is 0.0207. The lowest BCUT2D eigenvalue weighted by Crippen LogP contribution is -2.46. The molecule has 2 fully saturated rings. The van der Waals surface area contributed by atoms with Crippen molar-refractivity contribution in [3.05, 3.63) is 35.5 Å². The molecule has 2 aromatic rings. The van der Waals surface area contributed by atoms with Gasteiger partial charge in [0, 0.05) is 26.2 Å². The van der Waals surface area contributed by atoms with Crippen molar-refractivity contribution >= 4 is 15.5 Å². The van der Waals surface area contributed by atoms with E-state index in [9.17, 15) is 8.42 Å². The monoisotopic (exact) mass is 378 g/mol. The van der Waals surface area contributed by atoms with Crippen molar-refractivity contribution in [3.8, 4) is 0 Å². The molecule has 2 saturated heterocycles. The third-order valence-corrected chi connectivity index (χ3v) is 7.24. The lowest BCUT2D eigenvalue weighted by molar-refractivity contribution is 0.230. The van der Waals surface area contributed by atoms with Gasteiger partial charge in [0.1, 0.15) is 5.76 Å². The fourth-order valence-electron chi connectivity index (χ4n) is 4.19. The van der Waals surface area contributed by atoms with Gasteiger partial charge in [-0.2, -0.15) is 5.10 Å². The number of nitrogens with zero attached hydrogens (tertiary/aromatic N) is 4. The molecule has 0 aromatic carbocycles. The first-order valence-corrected chi connectivity index (χ1v) is 11.0. The second-order valence-corrected chi connectivity index (χ2v) is 9.59. The molecule has 2 aliphatic heterocycles. The van der Waals surface area contributed by atoms with Gasteiger partial charge >= 0.3 is 0 Å². The lowest BCUT2D eigenvalue weighted by Gasteiger charge is -2.35. The Balaban J connectivity index is 1.45. The number of furan rings is 1. The van der Waals surface area contributed by atoms with E-state index in [1.165, 1.54) is 5.69 Å². The van der Waals surface area contributed by atoms with Crippen LogP contribution in [0.2, 0.25) is 0 Å². The van der Waals surface area contributed by atoms with Crippen molar-refractivity contribution < 1.29 is 12.8 Å². The van der Waals surface area contributed by atoms with Crippen LogP contribution in [0.15, 0.2) is 22.8 Å². The highest BCUT2D eigenvalue weighted by Crippen LogP contribution is 2.31. The third kappa shape index (κ3) is 3.40. The van der Waals surface area contributed by atoms with Gasteiger partial charge in [0.2, 0.25) is 0 Å². The Morgan fingerprint density at radius 2 is 2.00 bits per heavy atom. The first kappa shape index (κ1) is 17.6. The summed E-state index contributed by atoms with van der Waals surface area (Å²) >= 11 is 0. The summed E-state index contributed by atoms with van der Waals surface area (Å²) in [4.78, 5) is 4.78. The van der Waals surface area contributed by atoms with E-state index in [2.05, 4.69) is 16.7 Å². The van der Waals surface area contributed by atoms with Gasteiger partial charge in [0.25, 0.3) is 0 Å². The Morgan fingerprint density at radius 1 is 1.23 bits per heavy atom. The van der Waals surface area contributed by atoms with Crippen LogP contribution in [-0.4, -0.2) is 60.8 Å². The molecule has 0 aliphatic carbocycles. The van der Waals surface area contributed by atoms with Crippen molar-refractivity contribution in [1.82, 2.24) is 14.7 Å². The van der Waals surface area contributed by atoms with Crippen LogP contribution in [0, 0.1) is 13.8 Å². The summed E-state index contributed by atoms with van der Waals surface area (Å²) in [5, 5.41) is 4.69. The molecule has 0 saturated carbocycles. The Morgan fingerprint density at radius 3 is 2.62 bits per heavy atom. The molecule has 4 rings (SSSR count). The zero-order chi connectivity index (χ0) is 18.3. The number of sulfone groups is 1. The topological polar surface area (TPSA) is 71.6 Å². The Labute approximate surface area is 154 Å². The summed E-state index contributed by atoms with van der Waals surface area (Å²) < 4.78 is 31.0. The number of piperazine rings is 1. The summed E-state index contributed by atoms with van der Waals surface area (Å²) in [6, 6.07) is 3.92. The van der Waals surface area contributed by atoms with Gasteiger partial charge in [-0.25, -0.2) is 8.42 Å². The zero-order valence-corrected chi connectivity index (χ0v) is 16.2. The molecule has 8 heteroatoms. The SMILES string of the molecule is Cc1nn(C2CCS(=O)(=O)C2)c(C)c1N1CCN(Cc2ccco2)CC1. The van der Waals surface area contributed by atoms with Gasteiger partial charge in [-0.1, -0.05) is 0 Å². The van der Waals surface area contributed by atoms with E-state index >= 15 is 0 Å².